The van der Waals surface area contributed by atoms with E-state index in [0.29, 0.717) is 22.8 Å². The Hall–Kier alpha value is -1.99. The van der Waals surface area contributed by atoms with Crippen LogP contribution in [-0.4, -0.2) is 69.1 Å². The van der Waals surface area contributed by atoms with Gasteiger partial charge in [-0.2, -0.15) is 0 Å². The van der Waals surface area contributed by atoms with Gasteiger partial charge in [-0.1, -0.05) is 29.8 Å². The second-order valence-electron chi connectivity index (χ2n) is 7.76. The summed E-state index contributed by atoms with van der Waals surface area (Å²) >= 11 is 0. The summed E-state index contributed by atoms with van der Waals surface area (Å²) < 4.78 is 16.2. The highest BCUT2D eigenvalue weighted by atomic mass is 35.5. The number of piperazine rings is 1. The van der Waals surface area contributed by atoms with Crippen LogP contribution in [0.2, 0.25) is 0 Å². The molecular formula is C24H34Cl2N2O4. The number of ether oxygens (including phenoxy) is 3. The molecule has 0 aromatic heterocycles. The molecule has 0 radical (unpaired) electrons. The number of hydrogen-bond donors (Lipinski definition) is 0. The summed E-state index contributed by atoms with van der Waals surface area (Å²) in [6.45, 7) is 8.66. The van der Waals surface area contributed by atoms with E-state index in [1.807, 2.05) is 6.92 Å². The minimum absolute atomic E-state index is 0. The first-order chi connectivity index (χ1) is 14.5. The van der Waals surface area contributed by atoms with Gasteiger partial charge in [0, 0.05) is 38.3 Å². The van der Waals surface area contributed by atoms with E-state index in [9.17, 15) is 4.79 Å². The van der Waals surface area contributed by atoms with Gasteiger partial charge in [0.15, 0.2) is 17.3 Å². The van der Waals surface area contributed by atoms with E-state index < -0.39 is 0 Å². The highest BCUT2D eigenvalue weighted by Gasteiger charge is 2.28. The van der Waals surface area contributed by atoms with Gasteiger partial charge in [0.05, 0.1) is 27.4 Å². The van der Waals surface area contributed by atoms with E-state index in [1.54, 1.807) is 33.5 Å². The van der Waals surface area contributed by atoms with Gasteiger partial charge in [-0.3, -0.25) is 14.6 Å². The van der Waals surface area contributed by atoms with Crippen molar-refractivity contribution in [1.29, 1.82) is 0 Å². The van der Waals surface area contributed by atoms with E-state index in [4.69, 9.17) is 14.2 Å². The minimum Gasteiger partial charge on any atom is -0.493 e. The topological polar surface area (TPSA) is 51.2 Å². The van der Waals surface area contributed by atoms with Gasteiger partial charge in [-0.25, -0.2) is 0 Å². The third kappa shape index (κ3) is 6.51. The molecule has 6 nitrogen and oxygen atoms in total. The predicted molar refractivity (Wildman–Crippen MR) is 132 cm³/mol. The van der Waals surface area contributed by atoms with Crippen molar-refractivity contribution < 1.29 is 19.0 Å². The van der Waals surface area contributed by atoms with Gasteiger partial charge in [-0.05, 0) is 31.5 Å². The van der Waals surface area contributed by atoms with E-state index in [2.05, 4.69) is 41.0 Å². The molecule has 1 fully saturated rings. The number of ketones is 1. The van der Waals surface area contributed by atoms with Gasteiger partial charge < -0.3 is 14.2 Å². The molecule has 0 amide bonds. The molecule has 178 valence electrons. The highest BCUT2D eigenvalue weighted by molar-refractivity contribution is 6.01. The quantitative estimate of drug-likeness (QED) is 0.521. The second kappa shape index (κ2) is 12.9. The normalized spacial score (nSPS) is 15.2. The van der Waals surface area contributed by atoms with Crippen molar-refractivity contribution in [2.45, 2.75) is 26.4 Å². The Bertz CT molecular complexity index is 861. The Morgan fingerprint density at radius 2 is 1.53 bits per heavy atom. The summed E-state index contributed by atoms with van der Waals surface area (Å²) in [6.07, 6.45) is 0. The summed E-state index contributed by atoms with van der Waals surface area (Å²) in [5, 5.41) is 0. The molecule has 2 aromatic carbocycles. The lowest BCUT2D eigenvalue weighted by molar-refractivity contribution is 0.0686. The molecule has 0 N–H and O–H groups in total. The molecule has 1 aliphatic rings. The summed E-state index contributed by atoms with van der Waals surface area (Å²) in [5.41, 5.74) is 3.19. The molecule has 1 saturated heterocycles. The van der Waals surface area contributed by atoms with E-state index in [0.717, 1.165) is 32.7 Å². The number of nitrogens with zero attached hydrogens (tertiary/aromatic N) is 2. The Kier molecular flexibility index (Phi) is 11.3. The van der Waals surface area contributed by atoms with Crippen LogP contribution < -0.4 is 14.2 Å². The molecular weight excluding hydrogens is 451 g/mol. The predicted octanol–water partition coefficient (Wildman–Crippen LogP) is 4.25. The van der Waals surface area contributed by atoms with Gasteiger partial charge in [0.1, 0.15) is 0 Å². The maximum atomic E-state index is 13.2. The zero-order valence-corrected chi connectivity index (χ0v) is 21.1. The zero-order valence-electron chi connectivity index (χ0n) is 19.4. The second-order valence-corrected chi connectivity index (χ2v) is 7.76. The van der Waals surface area contributed by atoms with Crippen LogP contribution in [0.5, 0.6) is 17.2 Å². The third-order valence-electron chi connectivity index (χ3n) is 5.77. The van der Waals surface area contributed by atoms with Crippen LogP contribution in [0.3, 0.4) is 0 Å². The molecule has 2 aromatic rings. The first-order valence-corrected chi connectivity index (χ1v) is 10.3. The molecule has 1 aliphatic heterocycles. The van der Waals surface area contributed by atoms with Crippen molar-refractivity contribution in [1.82, 2.24) is 9.80 Å². The average Bonchev–Trinajstić information content (AvgIpc) is 2.77. The summed E-state index contributed by atoms with van der Waals surface area (Å²) in [4.78, 5) is 17.9. The number of methoxy groups -OCH3 is 3. The van der Waals surface area contributed by atoms with Crippen LogP contribution in [0.25, 0.3) is 0 Å². The third-order valence-corrected chi connectivity index (χ3v) is 5.77. The lowest BCUT2D eigenvalue weighted by Crippen LogP contribution is -2.51. The highest BCUT2D eigenvalue weighted by Crippen LogP contribution is 2.38. The van der Waals surface area contributed by atoms with Gasteiger partial charge >= 0.3 is 0 Å². The van der Waals surface area contributed by atoms with Crippen LogP contribution in [0.15, 0.2) is 36.4 Å². The molecule has 3 rings (SSSR count). The van der Waals surface area contributed by atoms with Crippen molar-refractivity contribution in [2.24, 2.45) is 0 Å². The van der Waals surface area contributed by atoms with Gasteiger partial charge in [0.25, 0.3) is 0 Å². The first kappa shape index (κ1) is 28.0. The molecule has 0 spiro atoms. The number of carbonyl (C=O) groups excluding carboxylic acids is 1. The number of carbonyl (C=O) groups is 1. The molecule has 8 heteroatoms. The summed E-state index contributed by atoms with van der Waals surface area (Å²) in [5.74, 6) is 1.54. The monoisotopic (exact) mass is 484 g/mol. The molecule has 32 heavy (non-hydrogen) atoms. The van der Waals surface area contributed by atoms with Crippen LogP contribution in [-0.2, 0) is 6.54 Å². The van der Waals surface area contributed by atoms with Gasteiger partial charge in [0.2, 0.25) is 5.75 Å². The van der Waals surface area contributed by atoms with Crippen LogP contribution >= 0.6 is 24.8 Å². The number of benzene rings is 2. The Labute approximate surface area is 203 Å². The fourth-order valence-corrected chi connectivity index (χ4v) is 4.01. The Morgan fingerprint density at radius 1 is 0.938 bits per heavy atom. The van der Waals surface area contributed by atoms with Crippen molar-refractivity contribution >= 4 is 30.6 Å². The largest absolute Gasteiger partial charge is 0.493 e. The standard InChI is InChI=1S/C24H32N2O4.2ClH/c1-17-7-6-8-19(13-17)16-25-9-11-26(12-10-25)18(2)23(27)20-14-21(28-3)24(30-5)22(15-20)29-4;;/h6-8,13-15,18H,9-12,16H2,1-5H3;2*1H. The van der Waals surface area contributed by atoms with E-state index in [-0.39, 0.29) is 36.6 Å². The number of hydrogen-bond acceptors (Lipinski definition) is 6. The van der Waals surface area contributed by atoms with Crippen molar-refractivity contribution in [2.75, 3.05) is 47.5 Å². The maximum absolute atomic E-state index is 13.2. The number of rotatable bonds is 8. The SMILES string of the molecule is COc1cc(C(=O)C(C)N2CCN(Cc3cccc(C)c3)CC2)cc(OC)c1OC.Cl.Cl. The molecule has 0 bridgehead atoms. The summed E-state index contributed by atoms with van der Waals surface area (Å²) in [7, 11) is 4.67. The van der Waals surface area contributed by atoms with Gasteiger partial charge in [-0.15, -0.1) is 24.8 Å². The lowest BCUT2D eigenvalue weighted by atomic mass is 10.0. The van der Waals surface area contributed by atoms with Crippen molar-refractivity contribution in [3.05, 3.63) is 53.1 Å². The number of halogens is 2. The molecule has 0 saturated carbocycles. The van der Waals surface area contributed by atoms with E-state index >= 15 is 0 Å². The zero-order chi connectivity index (χ0) is 21.7. The smallest absolute Gasteiger partial charge is 0.203 e. The number of aryl methyl sites for hydroxylation is 1. The van der Waals surface area contributed by atoms with Crippen LogP contribution in [0.4, 0.5) is 0 Å². The molecule has 1 atom stereocenters. The Balaban J connectivity index is 0.00000256. The minimum atomic E-state index is -0.214. The van der Waals surface area contributed by atoms with Crippen LogP contribution in [0, 0.1) is 6.92 Å². The maximum Gasteiger partial charge on any atom is 0.203 e. The number of Topliss-reactive ketones (excluding diaryl/α,β-unsaturated/α-hetero) is 1. The van der Waals surface area contributed by atoms with Crippen LogP contribution in [0.1, 0.15) is 28.4 Å². The molecule has 1 heterocycles. The summed E-state index contributed by atoms with van der Waals surface area (Å²) in [6, 6.07) is 11.9. The first-order valence-electron chi connectivity index (χ1n) is 10.3. The van der Waals surface area contributed by atoms with Crippen molar-refractivity contribution in [3.8, 4) is 17.2 Å². The fourth-order valence-electron chi connectivity index (χ4n) is 4.01. The van der Waals surface area contributed by atoms with Crippen molar-refractivity contribution in [3.63, 3.8) is 0 Å². The van der Waals surface area contributed by atoms with E-state index in [1.165, 1.54) is 11.1 Å². The average molecular weight is 485 g/mol. The molecule has 1 unspecified atom stereocenters. The Morgan fingerprint density at radius 3 is 2.03 bits per heavy atom. The molecule has 0 aliphatic carbocycles. The lowest BCUT2D eigenvalue weighted by Gasteiger charge is -2.37. The fraction of sp³-hybridized carbons (Fsp3) is 0.458.